The molecule has 2 aliphatic rings. The molecular formula is C20H30N4O3. The Morgan fingerprint density at radius 1 is 1.26 bits per heavy atom. The van der Waals surface area contributed by atoms with Crippen LogP contribution in [0.4, 0.5) is 0 Å². The van der Waals surface area contributed by atoms with Gasteiger partial charge in [0.1, 0.15) is 6.54 Å². The lowest BCUT2D eigenvalue weighted by Gasteiger charge is -2.47. The quantitative estimate of drug-likeness (QED) is 0.753. The van der Waals surface area contributed by atoms with Crippen molar-refractivity contribution in [3.05, 3.63) is 17.0 Å². The van der Waals surface area contributed by atoms with Gasteiger partial charge in [0, 0.05) is 37.8 Å². The van der Waals surface area contributed by atoms with Crippen LogP contribution in [0.2, 0.25) is 0 Å². The Hall–Kier alpha value is -2.18. The van der Waals surface area contributed by atoms with Gasteiger partial charge in [-0.2, -0.15) is 5.10 Å². The van der Waals surface area contributed by atoms with Crippen LogP contribution in [0.3, 0.4) is 0 Å². The van der Waals surface area contributed by atoms with Gasteiger partial charge in [-0.1, -0.05) is 20.8 Å². The van der Waals surface area contributed by atoms with Gasteiger partial charge >= 0.3 is 0 Å². The second-order valence-corrected chi connectivity index (χ2v) is 8.90. The van der Waals surface area contributed by atoms with Gasteiger partial charge in [-0.05, 0) is 32.1 Å². The molecule has 7 heteroatoms. The van der Waals surface area contributed by atoms with Crippen molar-refractivity contribution in [2.75, 3.05) is 13.6 Å². The summed E-state index contributed by atoms with van der Waals surface area (Å²) in [5.74, 6) is -0.833. The Morgan fingerprint density at radius 3 is 2.44 bits per heavy atom. The second-order valence-electron chi connectivity index (χ2n) is 8.90. The lowest BCUT2D eigenvalue weighted by Crippen LogP contribution is -2.60. The highest BCUT2D eigenvalue weighted by atomic mass is 16.2. The molecule has 1 saturated carbocycles. The van der Waals surface area contributed by atoms with Crippen LogP contribution in [0.15, 0.2) is 0 Å². The van der Waals surface area contributed by atoms with Crippen molar-refractivity contribution in [1.82, 2.24) is 19.6 Å². The molecule has 7 nitrogen and oxygen atoms in total. The lowest BCUT2D eigenvalue weighted by molar-refractivity contribution is -0.170. The van der Waals surface area contributed by atoms with Crippen LogP contribution in [0, 0.1) is 30.6 Å². The van der Waals surface area contributed by atoms with Crippen LogP contribution < -0.4 is 0 Å². The molecule has 0 spiro atoms. The van der Waals surface area contributed by atoms with Crippen molar-refractivity contribution in [3.8, 4) is 0 Å². The summed E-state index contributed by atoms with van der Waals surface area (Å²) in [4.78, 5) is 41.5. The zero-order valence-corrected chi connectivity index (χ0v) is 17.4. The molecule has 1 aromatic rings. The largest absolute Gasteiger partial charge is 0.340 e. The third-order valence-corrected chi connectivity index (χ3v) is 7.28. The average Bonchev–Trinajstić information content (AvgIpc) is 2.94. The van der Waals surface area contributed by atoms with Gasteiger partial charge in [-0.15, -0.1) is 0 Å². The van der Waals surface area contributed by atoms with E-state index in [-0.39, 0.29) is 35.6 Å². The smallest absolute Gasteiger partial charge is 0.242 e. The molecule has 1 aromatic heterocycles. The number of aromatic nitrogens is 2. The Bertz CT molecular complexity index is 825. The number of piperidine rings is 1. The van der Waals surface area contributed by atoms with E-state index in [0.717, 1.165) is 17.0 Å². The molecule has 0 radical (unpaired) electrons. The first-order valence-electron chi connectivity index (χ1n) is 9.50. The van der Waals surface area contributed by atoms with E-state index in [1.165, 1.54) is 4.90 Å². The summed E-state index contributed by atoms with van der Waals surface area (Å²) in [6.45, 7) is 10.0. The Morgan fingerprint density at radius 2 is 1.89 bits per heavy atom. The first-order chi connectivity index (χ1) is 12.4. The molecule has 2 atom stereocenters. The van der Waals surface area contributed by atoms with Crippen LogP contribution in [0.25, 0.3) is 0 Å². The molecule has 0 unspecified atom stereocenters. The zero-order chi connectivity index (χ0) is 20.3. The fraction of sp³-hybridized carbons (Fsp3) is 0.700. The third-order valence-electron chi connectivity index (χ3n) is 7.28. The maximum Gasteiger partial charge on any atom is 0.242 e. The van der Waals surface area contributed by atoms with Gasteiger partial charge in [0.2, 0.25) is 17.7 Å². The van der Waals surface area contributed by atoms with Crippen LogP contribution in [-0.4, -0.2) is 50.9 Å². The van der Waals surface area contributed by atoms with Gasteiger partial charge in [0.05, 0.1) is 11.1 Å². The van der Waals surface area contributed by atoms with Gasteiger partial charge in [0.25, 0.3) is 0 Å². The molecule has 2 fully saturated rings. The summed E-state index contributed by atoms with van der Waals surface area (Å²) >= 11 is 0. The molecule has 3 amide bonds. The number of nitrogens with zero attached hydrogens (tertiary/aromatic N) is 4. The molecule has 27 heavy (non-hydrogen) atoms. The van der Waals surface area contributed by atoms with E-state index in [9.17, 15) is 14.4 Å². The van der Waals surface area contributed by atoms with Crippen molar-refractivity contribution in [1.29, 1.82) is 0 Å². The van der Waals surface area contributed by atoms with E-state index >= 15 is 0 Å². The average molecular weight is 374 g/mol. The highest BCUT2D eigenvalue weighted by Gasteiger charge is 2.64. The van der Waals surface area contributed by atoms with Crippen LogP contribution >= 0.6 is 0 Å². The number of imide groups is 1. The van der Waals surface area contributed by atoms with Gasteiger partial charge < -0.3 is 4.90 Å². The lowest BCUT2D eigenvalue weighted by atomic mass is 9.62. The molecule has 3 rings (SSSR count). The Balaban J connectivity index is 1.76. The number of carbonyl (C=O) groups excluding carboxylic acids is 3. The summed E-state index contributed by atoms with van der Waals surface area (Å²) in [5.41, 5.74) is 1.94. The highest BCUT2D eigenvalue weighted by molar-refractivity contribution is 6.06. The molecule has 2 bridgehead atoms. The van der Waals surface area contributed by atoms with Crippen LogP contribution in [0.1, 0.15) is 50.6 Å². The van der Waals surface area contributed by atoms with E-state index in [2.05, 4.69) is 5.10 Å². The zero-order valence-electron chi connectivity index (χ0n) is 17.4. The van der Waals surface area contributed by atoms with Gasteiger partial charge in [-0.25, -0.2) is 0 Å². The number of hydrogen-bond donors (Lipinski definition) is 0. The van der Waals surface area contributed by atoms with Crippen molar-refractivity contribution in [2.45, 2.75) is 54.0 Å². The molecule has 1 saturated heterocycles. The van der Waals surface area contributed by atoms with E-state index in [1.54, 1.807) is 16.6 Å². The van der Waals surface area contributed by atoms with E-state index in [0.29, 0.717) is 19.4 Å². The maximum absolute atomic E-state index is 13.1. The van der Waals surface area contributed by atoms with Crippen molar-refractivity contribution >= 4 is 17.7 Å². The molecule has 1 aliphatic heterocycles. The minimum absolute atomic E-state index is 0.186. The number of hydrogen-bond acceptors (Lipinski definition) is 4. The number of aryl methyl sites for hydroxylation is 2. The fourth-order valence-corrected chi connectivity index (χ4v) is 4.68. The van der Waals surface area contributed by atoms with E-state index in [1.807, 2.05) is 41.7 Å². The van der Waals surface area contributed by atoms with Crippen molar-refractivity contribution in [3.63, 3.8) is 0 Å². The van der Waals surface area contributed by atoms with Gasteiger partial charge in [0.15, 0.2) is 0 Å². The first kappa shape index (κ1) is 19.6. The van der Waals surface area contributed by atoms with Crippen LogP contribution in [0.5, 0.6) is 0 Å². The minimum atomic E-state index is -0.582. The highest BCUT2D eigenvalue weighted by Crippen LogP contribution is 2.59. The van der Waals surface area contributed by atoms with Crippen molar-refractivity contribution < 1.29 is 14.4 Å². The Kier molecular flexibility index (Phi) is 4.48. The summed E-state index contributed by atoms with van der Waals surface area (Å²) in [7, 11) is 3.57. The maximum atomic E-state index is 13.1. The monoisotopic (exact) mass is 374 g/mol. The van der Waals surface area contributed by atoms with E-state index < -0.39 is 5.41 Å². The molecule has 148 valence electrons. The number of likely N-dealkylation sites (N-methyl/N-ethyl adjacent to an activating group) is 1. The predicted molar refractivity (Wildman–Crippen MR) is 100 cm³/mol. The predicted octanol–water partition coefficient (Wildman–Crippen LogP) is 1.81. The Labute approximate surface area is 160 Å². The molecule has 2 heterocycles. The molecular weight excluding hydrogens is 344 g/mol. The summed E-state index contributed by atoms with van der Waals surface area (Å²) in [6, 6.07) is 0. The number of fused-ring (bicyclic) bond motifs is 2. The number of likely N-dealkylation sites (tertiary alicyclic amines) is 1. The normalized spacial score (nSPS) is 26.6. The van der Waals surface area contributed by atoms with Crippen molar-refractivity contribution in [2.24, 2.45) is 23.8 Å². The van der Waals surface area contributed by atoms with E-state index in [4.69, 9.17) is 0 Å². The summed E-state index contributed by atoms with van der Waals surface area (Å²) in [5, 5.41) is 4.38. The topological polar surface area (TPSA) is 75.5 Å². The number of rotatable bonds is 4. The van der Waals surface area contributed by atoms with Gasteiger partial charge in [-0.3, -0.25) is 24.0 Å². The standard InChI is InChI=1S/C20H30N4O3/c1-12-14(13(2)23(7)21-12)10-22(6)16(25)11-24-17(26)15-8-9-20(5,18(24)27)19(15,3)4/h15H,8-11H2,1-7H3/t15-,20+/m0/s1. The number of amides is 3. The molecule has 0 aromatic carbocycles. The summed E-state index contributed by atoms with van der Waals surface area (Å²) < 4.78 is 1.79. The molecule has 0 N–H and O–H groups in total. The second kappa shape index (κ2) is 6.17. The van der Waals surface area contributed by atoms with Crippen LogP contribution in [-0.2, 0) is 28.0 Å². The fourth-order valence-electron chi connectivity index (χ4n) is 4.68. The number of carbonyl (C=O) groups is 3. The minimum Gasteiger partial charge on any atom is -0.340 e. The molecule has 1 aliphatic carbocycles. The summed E-state index contributed by atoms with van der Waals surface area (Å²) in [6.07, 6.45) is 1.41. The SMILES string of the molecule is Cc1nn(C)c(C)c1CN(C)C(=O)CN1C(=O)[C@@H]2CC[C@](C)(C1=O)C2(C)C. The first-order valence-corrected chi connectivity index (χ1v) is 9.50. The third kappa shape index (κ3) is 2.70.